The first-order chi connectivity index (χ1) is 13.2. The van der Waals surface area contributed by atoms with Crippen molar-refractivity contribution in [1.29, 1.82) is 0 Å². The van der Waals surface area contributed by atoms with Crippen LogP contribution in [-0.2, 0) is 17.9 Å². The lowest BCUT2D eigenvalue weighted by molar-refractivity contribution is -0.130. The van der Waals surface area contributed by atoms with Crippen molar-refractivity contribution in [2.75, 3.05) is 13.1 Å². The van der Waals surface area contributed by atoms with Crippen molar-refractivity contribution in [3.8, 4) is 10.6 Å². The fourth-order valence-electron chi connectivity index (χ4n) is 3.49. The van der Waals surface area contributed by atoms with Gasteiger partial charge in [-0.05, 0) is 18.9 Å². The van der Waals surface area contributed by atoms with E-state index >= 15 is 0 Å². The first kappa shape index (κ1) is 18.3. The number of furan rings is 1. The molecule has 0 radical (unpaired) electrons. The number of carbonyl (C=O) groups is 1. The summed E-state index contributed by atoms with van der Waals surface area (Å²) in [6.07, 6.45) is 7.35. The SMILES string of the molecule is CC(=O)N1CCC(N(Cc2csc(-c3ccoc3)n2)Cc2cncs2)CC1. The smallest absolute Gasteiger partial charge is 0.219 e. The second-order valence-corrected chi connectivity index (χ2v) is 8.59. The summed E-state index contributed by atoms with van der Waals surface area (Å²) < 4.78 is 5.17. The zero-order valence-corrected chi connectivity index (χ0v) is 16.8. The molecule has 0 aliphatic carbocycles. The van der Waals surface area contributed by atoms with Gasteiger partial charge < -0.3 is 9.32 Å². The molecule has 27 heavy (non-hydrogen) atoms. The van der Waals surface area contributed by atoms with Crippen molar-refractivity contribution in [3.63, 3.8) is 0 Å². The molecule has 1 fully saturated rings. The molecule has 3 aromatic heterocycles. The minimum absolute atomic E-state index is 0.173. The normalized spacial score (nSPS) is 15.6. The van der Waals surface area contributed by atoms with Crippen LogP contribution in [0.2, 0.25) is 0 Å². The number of rotatable bonds is 6. The van der Waals surface area contributed by atoms with Crippen molar-refractivity contribution < 1.29 is 9.21 Å². The molecule has 0 atom stereocenters. The van der Waals surface area contributed by atoms with Gasteiger partial charge >= 0.3 is 0 Å². The number of nitrogens with zero attached hydrogens (tertiary/aromatic N) is 4. The maximum Gasteiger partial charge on any atom is 0.219 e. The van der Waals surface area contributed by atoms with Gasteiger partial charge in [-0.15, -0.1) is 22.7 Å². The second kappa shape index (κ2) is 8.33. The zero-order valence-electron chi connectivity index (χ0n) is 15.2. The molecule has 0 aromatic carbocycles. The van der Waals surface area contributed by atoms with Crippen molar-refractivity contribution >= 4 is 28.6 Å². The summed E-state index contributed by atoms with van der Waals surface area (Å²) in [5.74, 6) is 0.173. The van der Waals surface area contributed by atoms with Gasteiger partial charge in [0.25, 0.3) is 0 Å². The monoisotopic (exact) mass is 402 g/mol. The van der Waals surface area contributed by atoms with Gasteiger partial charge in [-0.2, -0.15) is 0 Å². The van der Waals surface area contributed by atoms with Crippen LogP contribution in [0.4, 0.5) is 0 Å². The van der Waals surface area contributed by atoms with Gasteiger partial charge in [-0.25, -0.2) is 4.98 Å². The number of hydrogen-bond acceptors (Lipinski definition) is 7. The molecule has 6 nitrogen and oxygen atoms in total. The highest BCUT2D eigenvalue weighted by molar-refractivity contribution is 7.13. The summed E-state index contributed by atoms with van der Waals surface area (Å²) in [6, 6.07) is 2.39. The third kappa shape index (κ3) is 4.45. The maximum atomic E-state index is 11.6. The Bertz CT molecular complexity index is 852. The summed E-state index contributed by atoms with van der Waals surface area (Å²) in [5.41, 5.74) is 3.98. The van der Waals surface area contributed by atoms with Crippen LogP contribution in [0.1, 0.15) is 30.3 Å². The predicted octanol–water partition coefficient (Wildman–Crippen LogP) is 3.87. The molecule has 142 valence electrons. The van der Waals surface area contributed by atoms with Gasteiger partial charge in [-0.1, -0.05) is 0 Å². The second-order valence-electron chi connectivity index (χ2n) is 6.77. The van der Waals surface area contributed by atoms with Crippen LogP contribution in [0.5, 0.6) is 0 Å². The van der Waals surface area contributed by atoms with E-state index in [1.54, 1.807) is 42.1 Å². The highest BCUT2D eigenvalue weighted by Crippen LogP contribution is 2.27. The van der Waals surface area contributed by atoms with Gasteiger partial charge in [0.2, 0.25) is 5.91 Å². The highest BCUT2D eigenvalue weighted by atomic mass is 32.1. The molecule has 4 rings (SSSR count). The Balaban J connectivity index is 1.47. The average Bonchev–Trinajstić information content (AvgIpc) is 3.43. The van der Waals surface area contributed by atoms with Gasteiger partial charge in [0.15, 0.2) is 0 Å². The summed E-state index contributed by atoms with van der Waals surface area (Å²) in [4.78, 5) is 26.3. The van der Waals surface area contributed by atoms with Crippen LogP contribution in [0.15, 0.2) is 40.1 Å². The minimum atomic E-state index is 0.173. The number of thiazole rings is 2. The van der Waals surface area contributed by atoms with E-state index in [-0.39, 0.29) is 5.91 Å². The Morgan fingerprint density at radius 3 is 2.85 bits per heavy atom. The van der Waals surface area contributed by atoms with Crippen molar-refractivity contribution in [3.05, 3.63) is 46.3 Å². The summed E-state index contributed by atoms with van der Waals surface area (Å²) in [6.45, 7) is 4.99. The molecule has 3 aromatic rings. The van der Waals surface area contributed by atoms with Gasteiger partial charge in [0, 0.05) is 61.2 Å². The third-order valence-corrected chi connectivity index (χ3v) is 6.66. The quantitative estimate of drug-likeness (QED) is 0.626. The number of piperidine rings is 1. The van der Waals surface area contributed by atoms with Crippen LogP contribution < -0.4 is 0 Å². The van der Waals surface area contributed by atoms with Gasteiger partial charge in [0.1, 0.15) is 11.3 Å². The van der Waals surface area contributed by atoms with Crippen LogP contribution in [0, 0.1) is 0 Å². The average molecular weight is 403 g/mol. The van der Waals surface area contributed by atoms with E-state index in [0.29, 0.717) is 6.04 Å². The molecule has 1 aliphatic rings. The molecule has 0 spiro atoms. The van der Waals surface area contributed by atoms with Crippen LogP contribution in [0.25, 0.3) is 10.6 Å². The first-order valence-corrected chi connectivity index (χ1v) is 10.8. The Kier molecular flexibility index (Phi) is 5.66. The fourth-order valence-corrected chi connectivity index (χ4v) is 4.90. The summed E-state index contributed by atoms with van der Waals surface area (Å²) >= 11 is 3.33. The number of aromatic nitrogens is 2. The Morgan fingerprint density at radius 1 is 1.33 bits per heavy atom. The van der Waals surface area contributed by atoms with E-state index in [4.69, 9.17) is 9.40 Å². The molecule has 0 bridgehead atoms. The maximum absolute atomic E-state index is 11.6. The molecule has 8 heteroatoms. The standard InChI is InChI=1S/C19H22N4O2S2/c1-14(24)22-5-2-17(3-6-22)23(10-18-8-20-13-27-18)9-16-12-26-19(21-16)15-4-7-25-11-15/h4,7-8,11-13,17H,2-3,5-6,9-10H2,1H3. The van der Waals surface area contributed by atoms with Crippen LogP contribution >= 0.6 is 22.7 Å². The van der Waals surface area contributed by atoms with Crippen molar-refractivity contribution in [2.45, 2.75) is 38.9 Å². The van der Waals surface area contributed by atoms with E-state index in [2.05, 4.69) is 15.3 Å². The molecule has 1 saturated heterocycles. The molecule has 0 saturated carbocycles. The Hall–Kier alpha value is -2.03. The zero-order chi connectivity index (χ0) is 18.6. The van der Waals surface area contributed by atoms with Gasteiger partial charge in [0.05, 0.1) is 17.5 Å². The molecular formula is C19H22N4O2S2. The lowest BCUT2D eigenvalue weighted by atomic mass is 10.0. The van der Waals surface area contributed by atoms with Crippen molar-refractivity contribution in [2.24, 2.45) is 0 Å². The largest absolute Gasteiger partial charge is 0.472 e. The first-order valence-electron chi connectivity index (χ1n) is 9.03. The van der Waals surface area contributed by atoms with E-state index in [9.17, 15) is 4.79 Å². The lowest BCUT2D eigenvalue weighted by Gasteiger charge is -2.37. The number of likely N-dealkylation sites (tertiary alicyclic amines) is 1. The number of hydrogen-bond donors (Lipinski definition) is 0. The molecule has 1 aliphatic heterocycles. The number of carbonyl (C=O) groups excluding carboxylic acids is 1. The predicted molar refractivity (Wildman–Crippen MR) is 106 cm³/mol. The molecular weight excluding hydrogens is 380 g/mol. The van der Waals surface area contributed by atoms with E-state index in [1.165, 1.54) is 4.88 Å². The van der Waals surface area contributed by atoms with E-state index in [1.807, 2.05) is 22.7 Å². The molecule has 4 heterocycles. The van der Waals surface area contributed by atoms with Crippen LogP contribution in [-0.4, -0.2) is 44.8 Å². The topological polar surface area (TPSA) is 62.5 Å². The highest BCUT2D eigenvalue weighted by Gasteiger charge is 2.26. The Labute approximate surface area is 166 Å². The summed E-state index contributed by atoms with van der Waals surface area (Å²) in [7, 11) is 0. The third-order valence-electron chi connectivity index (χ3n) is 4.95. The molecule has 0 N–H and O–H groups in total. The van der Waals surface area contributed by atoms with E-state index < -0.39 is 0 Å². The Morgan fingerprint density at radius 2 is 2.19 bits per heavy atom. The lowest BCUT2D eigenvalue weighted by Crippen LogP contribution is -2.45. The van der Waals surface area contributed by atoms with Crippen molar-refractivity contribution in [1.82, 2.24) is 19.8 Å². The van der Waals surface area contributed by atoms with Crippen LogP contribution in [0.3, 0.4) is 0 Å². The molecule has 0 unspecified atom stereocenters. The fraction of sp³-hybridized carbons (Fsp3) is 0.421. The number of amides is 1. The summed E-state index contributed by atoms with van der Waals surface area (Å²) in [5, 5.41) is 3.12. The van der Waals surface area contributed by atoms with Gasteiger partial charge in [-0.3, -0.25) is 14.7 Å². The minimum Gasteiger partial charge on any atom is -0.472 e. The molecule has 1 amide bonds. The van der Waals surface area contributed by atoms with E-state index in [0.717, 1.165) is 55.3 Å².